The van der Waals surface area contributed by atoms with E-state index < -0.39 is 21.8 Å². The molecule has 8 heteroatoms. The first-order valence-corrected chi connectivity index (χ1v) is 8.70. The zero-order valence-corrected chi connectivity index (χ0v) is 13.9. The molecule has 1 N–H and O–H groups in total. The van der Waals surface area contributed by atoms with Gasteiger partial charge in [0.05, 0.1) is 31.2 Å². The smallest absolute Gasteiger partial charge is 0.335 e. The summed E-state index contributed by atoms with van der Waals surface area (Å²) in [5.41, 5.74) is 0.659. The van der Waals surface area contributed by atoms with Crippen LogP contribution in [0.5, 0.6) is 5.75 Å². The topological polar surface area (TPSA) is 83.9 Å². The monoisotopic (exact) mass is 353 g/mol. The molecule has 0 spiro atoms. The van der Waals surface area contributed by atoms with Gasteiger partial charge in [-0.25, -0.2) is 17.6 Å². The van der Waals surface area contributed by atoms with E-state index in [0.717, 1.165) is 22.7 Å². The number of rotatable bonds is 6. The van der Waals surface area contributed by atoms with Crippen LogP contribution in [0.15, 0.2) is 42.5 Å². The average Bonchev–Trinajstić information content (AvgIpc) is 2.52. The lowest BCUT2D eigenvalue weighted by atomic mass is 10.1. The van der Waals surface area contributed by atoms with Crippen LogP contribution in [0.4, 0.5) is 10.1 Å². The van der Waals surface area contributed by atoms with Gasteiger partial charge in [-0.1, -0.05) is 0 Å². The number of benzene rings is 2. The van der Waals surface area contributed by atoms with Crippen molar-refractivity contribution in [2.24, 2.45) is 0 Å². The second-order valence-corrected chi connectivity index (χ2v) is 6.98. The van der Waals surface area contributed by atoms with Crippen molar-refractivity contribution in [3.05, 3.63) is 59.4 Å². The number of nitrogens with zero attached hydrogens (tertiary/aromatic N) is 1. The summed E-state index contributed by atoms with van der Waals surface area (Å²) in [5.74, 6) is -1.26. The van der Waals surface area contributed by atoms with Crippen molar-refractivity contribution >= 4 is 21.7 Å². The second-order valence-electron chi connectivity index (χ2n) is 5.08. The van der Waals surface area contributed by atoms with Crippen molar-refractivity contribution in [1.82, 2.24) is 0 Å². The van der Waals surface area contributed by atoms with E-state index in [1.54, 1.807) is 0 Å². The van der Waals surface area contributed by atoms with Gasteiger partial charge in [0.25, 0.3) is 0 Å². The highest BCUT2D eigenvalue weighted by Gasteiger charge is 2.20. The minimum absolute atomic E-state index is 0.0124. The molecule has 0 amide bonds. The Balaban J connectivity index is 2.49. The minimum atomic E-state index is -3.68. The zero-order chi connectivity index (χ0) is 17.9. The molecule has 128 valence electrons. The Morgan fingerprint density at radius 3 is 2.33 bits per heavy atom. The molecule has 0 saturated heterocycles. The molecule has 0 aromatic heterocycles. The summed E-state index contributed by atoms with van der Waals surface area (Å²) in [7, 11) is -2.27. The zero-order valence-electron chi connectivity index (χ0n) is 13.1. The standard InChI is InChI=1S/C16H16FNO5S/c1-23-15-8-3-11(16(19)20)9-12(15)10-18(24(2,21)22)14-6-4-13(17)5-7-14/h3-9H,10H2,1-2H3,(H,19,20). The maximum atomic E-state index is 13.1. The first kappa shape index (κ1) is 17.7. The molecule has 2 aromatic carbocycles. The number of ether oxygens (including phenoxy) is 1. The molecular weight excluding hydrogens is 337 g/mol. The van der Waals surface area contributed by atoms with Gasteiger partial charge >= 0.3 is 5.97 Å². The molecule has 0 aliphatic rings. The van der Waals surface area contributed by atoms with Crippen LogP contribution in [0.1, 0.15) is 15.9 Å². The lowest BCUT2D eigenvalue weighted by Crippen LogP contribution is -2.29. The van der Waals surface area contributed by atoms with Crippen LogP contribution in [-0.2, 0) is 16.6 Å². The van der Waals surface area contributed by atoms with E-state index in [1.807, 2.05) is 0 Å². The molecule has 0 fully saturated rings. The number of carboxylic acid groups (broad SMARTS) is 1. The van der Waals surface area contributed by atoms with E-state index in [1.165, 1.54) is 37.4 Å². The van der Waals surface area contributed by atoms with Crippen molar-refractivity contribution < 1.29 is 27.4 Å². The van der Waals surface area contributed by atoms with E-state index in [0.29, 0.717) is 11.3 Å². The third-order valence-corrected chi connectivity index (χ3v) is 4.50. The molecule has 6 nitrogen and oxygen atoms in total. The molecule has 0 heterocycles. The van der Waals surface area contributed by atoms with Crippen LogP contribution in [0, 0.1) is 5.82 Å². The average molecular weight is 353 g/mol. The number of carboxylic acids is 1. The number of methoxy groups -OCH3 is 1. The quantitative estimate of drug-likeness (QED) is 0.863. The van der Waals surface area contributed by atoms with Crippen LogP contribution < -0.4 is 9.04 Å². The van der Waals surface area contributed by atoms with Crippen LogP contribution in [0.25, 0.3) is 0 Å². The van der Waals surface area contributed by atoms with Gasteiger partial charge in [-0.05, 0) is 42.5 Å². The van der Waals surface area contributed by atoms with Crippen LogP contribution >= 0.6 is 0 Å². The van der Waals surface area contributed by atoms with Gasteiger partial charge in [-0.15, -0.1) is 0 Å². The normalized spacial score (nSPS) is 11.1. The summed E-state index contributed by atoms with van der Waals surface area (Å²) >= 11 is 0. The predicted octanol–water partition coefficient (Wildman–Crippen LogP) is 2.50. The van der Waals surface area contributed by atoms with Crippen molar-refractivity contribution in [1.29, 1.82) is 0 Å². The van der Waals surface area contributed by atoms with Gasteiger partial charge in [0.15, 0.2) is 0 Å². The second kappa shape index (κ2) is 6.88. The van der Waals surface area contributed by atoms with Crippen molar-refractivity contribution in [2.75, 3.05) is 17.7 Å². The molecule has 0 bridgehead atoms. The number of hydrogen-bond donors (Lipinski definition) is 1. The molecule has 0 atom stereocenters. The summed E-state index contributed by atoms with van der Waals surface area (Å²) < 4.78 is 43.5. The summed E-state index contributed by atoms with van der Waals surface area (Å²) in [5, 5.41) is 9.10. The Morgan fingerprint density at radius 2 is 1.83 bits per heavy atom. The largest absolute Gasteiger partial charge is 0.496 e. The highest BCUT2D eigenvalue weighted by molar-refractivity contribution is 7.92. The van der Waals surface area contributed by atoms with E-state index in [-0.39, 0.29) is 17.8 Å². The Labute approximate surface area is 139 Å². The molecule has 2 rings (SSSR count). The highest BCUT2D eigenvalue weighted by atomic mass is 32.2. The van der Waals surface area contributed by atoms with Gasteiger partial charge in [0.2, 0.25) is 10.0 Å². The Bertz CT molecular complexity index is 849. The molecule has 0 unspecified atom stereocenters. The van der Waals surface area contributed by atoms with Gasteiger partial charge in [-0.2, -0.15) is 0 Å². The highest BCUT2D eigenvalue weighted by Crippen LogP contribution is 2.26. The summed E-state index contributed by atoms with van der Waals surface area (Å²) in [4.78, 5) is 11.1. The third kappa shape index (κ3) is 4.02. The molecule has 0 radical (unpaired) electrons. The maximum absolute atomic E-state index is 13.1. The van der Waals surface area contributed by atoms with Crippen LogP contribution in [-0.4, -0.2) is 32.9 Å². The fourth-order valence-electron chi connectivity index (χ4n) is 2.20. The van der Waals surface area contributed by atoms with Crippen LogP contribution in [0.3, 0.4) is 0 Å². The number of aromatic carboxylic acids is 1. The van der Waals surface area contributed by atoms with E-state index >= 15 is 0 Å². The van der Waals surface area contributed by atoms with Crippen molar-refractivity contribution in [3.63, 3.8) is 0 Å². The third-order valence-electron chi connectivity index (χ3n) is 3.36. The summed E-state index contributed by atoms with van der Waals surface area (Å²) in [6, 6.07) is 9.16. The first-order chi connectivity index (χ1) is 11.2. The molecule has 0 aliphatic carbocycles. The fourth-order valence-corrected chi connectivity index (χ4v) is 3.08. The van der Waals surface area contributed by atoms with Crippen LogP contribution in [0.2, 0.25) is 0 Å². The van der Waals surface area contributed by atoms with Gasteiger partial charge < -0.3 is 9.84 Å². The Morgan fingerprint density at radius 1 is 1.21 bits per heavy atom. The van der Waals surface area contributed by atoms with Gasteiger partial charge in [0, 0.05) is 5.56 Å². The van der Waals surface area contributed by atoms with Gasteiger partial charge in [-0.3, -0.25) is 4.31 Å². The molecule has 0 saturated carbocycles. The van der Waals surface area contributed by atoms with Gasteiger partial charge in [0.1, 0.15) is 11.6 Å². The van der Waals surface area contributed by atoms with Crippen molar-refractivity contribution in [2.45, 2.75) is 6.54 Å². The predicted molar refractivity (Wildman–Crippen MR) is 87.4 cm³/mol. The molecule has 24 heavy (non-hydrogen) atoms. The number of sulfonamides is 1. The number of carbonyl (C=O) groups is 1. The molecule has 0 aliphatic heterocycles. The van der Waals surface area contributed by atoms with E-state index in [9.17, 15) is 17.6 Å². The summed E-state index contributed by atoms with van der Waals surface area (Å²) in [6.07, 6.45) is 1.02. The lowest BCUT2D eigenvalue weighted by molar-refractivity contribution is 0.0696. The SMILES string of the molecule is COc1ccc(C(=O)O)cc1CN(c1ccc(F)cc1)S(C)(=O)=O. The summed E-state index contributed by atoms with van der Waals surface area (Å²) in [6.45, 7) is -0.144. The molecule has 2 aromatic rings. The lowest BCUT2D eigenvalue weighted by Gasteiger charge is -2.23. The number of halogens is 1. The Hall–Kier alpha value is -2.61. The maximum Gasteiger partial charge on any atom is 0.335 e. The van der Waals surface area contributed by atoms with E-state index in [2.05, 4.69) is 0 Å². The van der Waals surface area contributed by atoms with Crippen molar-refractivity contribution in [3.8, 4) is 5.75 Å². The Kier molecular flexibility index (Phi) is 5.08. The number of anilines is 1. The van der Waals surface area contributed by atoms with E-state index in [4.69, 9.17) is 9.84 Å². The first-order valence-electron chi connectivity index (χ1n) is 6.86. The fraction of sp³-hybridized carbons (Fsp3) is 0.188. The molecular formula is C16H16FNO5S. The number of hydrogen-bond acceptors (Lipinski definition) is 4. The minimum Gasteiger partial charge on any atom is -0.496 e.